The zero-order valence-electron chi connectivity index (χ0n) is 20.4. The van der Waals surface area contributed by atoms with Crippen LogP contribution in [0.5, 0.6) is 0 Å². The molecule has 0 bridgehead atoms. The number of amides is 1. The molecule has 4 rings (SSSR count). The molecule has 4 N–H and O–H groups in total. The van der Waals surface area contributed by atoms with E-state index in [4.69, 9.17) is 4.74 Å². The number of hydrogen-bond donors (Lipinski definition) is 4. The quantitative estimate of drug-likeness (QED) is 0.338. The molecule has 2 heterocycles. The third kappa shape index (κ3) is 6.24. The first-order valence-corrected chi connectivity index (χ1v) is 11.7. The highest BCUT2D eigenvalue weighted by Crippen LogP contribution is 2.35. The Morgan fingerprint density at radius 1 is 1.16 bits per heavy atom. The van der Waals surface area contributed by atoms with Gasteiger partial charge in [0.2, 0.25) is 0 Å². The highest BCUT2D eigenvalue weighted by atomic mass is 19.4. The Hall–Kier alpha value is -3.54. The molecule has 1 saturated heterocycles. The summed E-state index contributed by atoms with van der Waals surface area (Å²) in [5.74, 6) is 0.152. The average molecular weight is 516 g/mol. The molecule has 1 aliphatic heterocycles. The first-order valence-electron chi connectivity index (χ1n) is 11.7. The van der Waals surface area contributed by atoms with E-state index in [2.05, 4.69) is 25.9 Å². The molecular weight excluding hydrogens is 487 g/mol. The fraction of sp³-hybridized carbons (Fsp3) is 0.346. The molecule has 2 aromatic carbocycles. The molecule has 8 nitrogen and oxygen atoms in total. The summed E-state index contributed by atoms with van der Waals surface area (Å²) >= 11 is 0. The number of nitrogens with zero attached hydrogens (tertiary/aromatic N) is 2. The number of halogens is 3. The Morgan fingerprint density at radius 3 is 2.54 bits per heavy atom. The number of anilines is 2. The Bertz CT molecular complexity index is 1240. The van der Waals surface area contributed by atoms with Crippen molar-refractivity contribution in [3.8, 4) is 0 Å². The highest BCUT2D eigenvalue weighted by molar-refractivity contribution is 5.95. The standard InChI is InChI=1S/C26H28F3N5O3/c1-16-20(14-30-17(2)32-16)23(35)34-25(11-12-37-15-25)24(36)31-13-18-7-9-19(10-8-18)33-22-6-4-3-5-21(22)26(27,28)29/h3-10,14,24,31,33,36H,11-13,15H2,1-2H3,(H,34,35)/t24?,25-/m0/s1. The predicted molar refractivity (Wildman–Crippen MR) is 131 cm³/mol. The smallest absolute Gasteiger partial charge is 0.379 e. The number of aryl methyl sites for hydroxylation is 2. The van der Waals surface area contributed by atoms with E-state index in [0.29, 0.717) is 35.8 Å². The highest BCUT2D eigenvalue weighted by Gasteiger charge is 2.43. The second-order valence-corrected chi connectivity index (χ2v) is 8.98. The number of para-hydroxylation sites is 1. The molecule has 0 spiro atoms. The van der Waals surface area contributed by atoms with Crippen molar-refractivity contribution < 1.29 is 27.8 Å². The van der Waals surface area contributed by atoms with Crippen molar-refractivity contribution >= 4 is 17.3 Å². The lowest BCUT2D eigenvalue weighted by Gasteiger charge is -2.34. The number of benzene rings is 2. The summed E-state index contributed by atoms with van der Waals surface area (Å²) in [5, 5.41) is 19.7. The van der Waals surface area contributed by atoms with Crippen LogP contribution in [-0.4, -0.2) is 46.0 Å². The van der Waals surface area contributed by atoms with Crippen LogP contribution in [0.4, 0.5) is 24.5 Å². The van der Waals surface area contributed by atoms with Crippen molar-refractivity contribution in [2.24, 2.45) is 0 Å². The largest absolute Gasteiger partial charge is 0.418 e. The van der Waals surface area contributed by atoms with Crippen LogP contribution < -0.4 is 16.0 Å². The SMILES string of the molecule is Cc1ncc(C(=O)N[C@@]2(C(O)NCc3ccc(Nc4ccccc4C(F)(F)F)cc3)CCOC2)c(C)n1. The monoisotopic (exact) mass is 515 g/mol. The minimum Gasteiger partial charge on any atom is -0.379 e. The topological polar surface area (TPSA) is 108 Å². The van der Waals surface area contributed by atoms with Crippen LogP contribution in [-0.2, 0) is 17.5 Å². The van der Waals surface area contributed by atoms with E-state index in [1.807, 2.05) is 0 Å². The van der Waals surface area contributed by atoms with Crippen LogP contribution in [0.15, 0.2) is 54.7 Å². The molecule has 2 atom stereocenters. The minimum atomic E-state index is -4.47. The van der Waals surface area contributed by atoms with E-state index < -0.39 is 29.4 Å². The Balaban J connectivity index is 1.39. The predicted octanol–water partition coefficient (Wildman–Crippen LogP) is 3.85. The lowest BCUT2D eigenvalue weighted by atomic mass is 9.95. The fourth-order valence-corrected chi connectivity index (χ4v) is 4.17. The van der Waals surface area contributed by atoms with Crippen molar-refractivity contribution in [2.45, 2.75) is 44.8 Å². The van der Waals surface area contributed by atoms with Gasteiger partial charge < -0.3 is 20.5 Å². The molecule has 3 aromatic rings. The van der Waals surface area contributed by atoms with Gasteiger partial charge in [-0.15, -0.1) is 0 Å². The first kappa shape index (κ1) is 26.5. The third-order valence-electron chi connectivity index (χ3n) is 6.25. The molecule has 196 valence electrons. The van der Waals surface area contributed by atoms with Crippen LogP contribution in [0.1, 0.15) is 39.4 Å². The molecule has 0 aliphatic carbocycles. The van der Waals surface area contributed by atoms with E-state index in [1.165, 1.54) is 24.4 Å². The van der Waals surface area contributed by atoms with Crippen LogP contribution in [0, 0.1) is 13.8 Å². The Morgan fingerprint density at radius 2 is 1.89 bits per heavy atom. The Labute approximate surface area is 212 Å². The minimum absolute atomic E-state index is 0.0376. The maximum absolute atomic E-state index is 13.2. The molecule has 11 heteroatoms. The van der Waals surface area contributed by atoms with Gasteiger partial charge in [0.25, 0.3) is 5.91 Å². The van der Waals surface area contributed by atoms with Gasteiger partial charge in [-0.1, -0.05) is 24.3 Å². The molecule has 1 unspecified atom stereocenters. The Kier molecular flexibility index (Phi) is 7.76. The molecule has 1 aliphatic rings. The molecule has 0 radical (unpaired) electrons. The molecule has 37 heavy (non-hydrogen) atoms. The van der Waals surface area contributed by atoms with Gasteiger partial charge in [0.05, 0.1) is 29.1 Å². The summed E-state index contributed by atoms with van der Waals surface area (Å²) in [4.78, 5) is 21.2. The van der Waals surface area contributed by atoms with Crippen molar-refractivity contribution in [2.75, 3.05) is 18.5 Å². The van der Waals surface area contributed by atoms with Gasteiger partial charge in [-0.25, -0.2) is 9.97 Å². The normalized spacial score (nSPS) is 18.4. The van der Waals surface area contributed by atoms with E-state index in [1.54, 1.807) is 38.1 Å². The van der Waals surface area contributed by atoms with Crippen molar-refractivity contribution in [1.29, 1.82) is 0 Å². The number of rotatable bonds is 8. The van der Waals surface area contributed by atoms with Crippen LogP contribution in [0.2, 0.25) is 0 Å². The summed E-state index contributed by atoms with van der Waals surface area (Å²) in [7, 11) is 0. The number of aromatic nitrogens is 2. The number of aliphatic hydroxyl groups is 1. The molecule has 1 fully saturated rings. The summed E-state index contributed by atoms with van der Waals surface area (Å²) in [6.45, 7) is 4.21. The van der Waals surface area contributed by atoms with Crippen molar-refractivity contribution in [3.05, 3.63) is 82.9 Å². The molecular formula is C26H28F3N5O3. The van der Waals surface area contributed by atoms with Crippen molar-refractivity contribution in [1.82, 2.24) is 20.6 Å². The number of hydrogen-bond acceptors (Lipinski definition) is 7. The third-order valence-corrected chi connectivity index (χ3v) is 6.25. The van der Waals surface area contributed by atoms with E-state index in [9.17, 15) is 23.1 Å². The van der Waals surface area contributed by atoms with Crippen LogP contribution in [0.3, 0.4) is 0 Å². The van der Waals surface area contributed by atoms with Gasteiger partial charge in [0, 0.05) is 25.0 Å². The van der Waals surface area contributed by atoms with E-state index in [-0.39, 0.29) is 18.8 Å². The zero-order valence-corrected chi connectivity index (χ0v) is 20.4. The summed E-state index contributed by atoms with van der Waals surface area (Å²) in [6.07, 6.45) is -3.73. The first-order chi connectivity index (χ1) is 17.6. The summed E-state index contributed by atoms with van der Waals surface area (Å²) in [5.41, 5.74) is 0.303. The van der Waals surface area contributed by atoms with Crippen molar-refractivity contribution in [3.63, 3.8) is 0 Å². The maximum atomic E-state index is 13.2. The van der Waals surface area contributed by atoms with Crippen LogP contribution in [0.25, 0.3) is 0 Å². The molecule has 1 aromatic heterocycles. The number of alkyl halides is 3. The van der Waals surface area contributed by atoms with Gasteiger partial charge in [-0.3, -0.25) is 10.1 Å². The lowest BCUT2D eigenvalue weighted by molar-refractivity contribution is -0.136. The number of ether oxygens (including phenoxy) is 1. The second kappa shape index (κ2) is 10.8. The van der Waals surface area contributed by atoms with Gasteiger partial charge in [-0.2, -0.15) is 13.2 Å². The van der Waals surface area contributed by atoms with Gasteiger partial charge >= 0.3 is 6.18 Å². The molecule has 1 amide bonds. The maximum Gasteiger partial charge on any atom is 0.418 e. The van der Waals surface area contributed by atoms with Gasteiger partial charge in [-0.05, 0) is 50.1 Å². The zero-order chi connectivity index (χ0) is 26.6. The second-order valence-electron chi connectivity index (χ2n) is 8.98. The summed E-state index contributed by atoms with van der Waals surface area (Å²) < 4.78 is 45.2. The fourth-order valence-electron chi connectivity index (χ4n) is 4.17. The number of carbonyl (C=O) groups excluding carboxylic acids is 1. The molecule has 0 saturated carbocycles. The van der Waals surface area contributed by atoms with Gasteiger partial charge in [0.15, 0.2) is 0 Å². The average Bonchev–Trinajstić information content (AvgIpc) is 3.32. The number of carbonyl (C=O) groups is 1. The van der Waals surface area contributed by atoms with E-state index >= 15 is 0 Å². The van der Waals surface area contributed by atoms with Gasteiger partial charge in [0.1, 0.15) is 17.6 Å². The lowest BCUT2D eigenvalue weighted by Crippen LogP contribution is -2.62. The number of nitrogens with one attached hydrogen (secondary N) is 3. The summed E-state index contributed by atoms with van der Waals surface area (Å²) in [6, 6.07) is 12.1. The number of aliphatic hydroxyl groups excluding tert-OH is 1. The van der Waals surface area contributed by atoms with Crippen LogP contribution >= 0.6 is 0 Å². The van der Waals surface area contributed by atoms with E-state index in [0.717, 1.165) is 11.6 Å².